The van der Waals surface area contributed by atoms with E-state index in [9.17, 15) is 9.59 Å². The Morgan fingerprint density at radius 2 is 1.58 bits per heavy atom. The van der Waals surface area contributed by atoms with Gasteiger partial charge in [-0.25, -0.2) is 19.4 Å². The quantitative estimate of drug-likeness (QED) is 0.328. The maximum absolute atomic E-state index is 9.92. The van der Waals surface area contributed by atoms with E-state index in [1.54, 1.807) is 4.81 Å². The van der Waals surface area contributed by atoms with E-state index in [2.05, 4.69) is 9.81 Å². The molecule has 0 N–H and O–H groups in total. The lowest BCUT2D eigenvalue weighted by Gasteiger charge is -2.16. The molecular formula is C6H10BN3O2. The molecule has 0 saturated heterocycles. The Kier molecular flexibility index (Phi) is 5.83. The first kappa shape index (κ1) is 10.8. The summed E-state index contributed by atoms with van der Waals surface area (Å²) >= 11 is 0. The van der Waals surface area contributed by atoms with Gasteiger partial charge >= 0.3 is 7.12 Å². The van der Waals surface area contributed by atoms with Gasteiger partial charge in [-0.1, -0.05) is 13.8 Å². The van der Waals surface area contributed by atoms with Gasteiger partial charge in [0, 0.05) is 0 Å². The molecule has 0 aromatic carbocycles. The fourth-order valence-electron chi connectivity index (χ4n) is 0.837. The third kappa shape index (κ3) is 3.26. The van der Waals surface area contributed by atoms with Crippen LogP contribution in [0.3, 0.4) is 0 Å². The minimum absolute atomic E-state index is 0.664. The van der Waals surface area contributed by atoms with Crippen molar-refractivity contribution >= 4 is 19.3 Å². The maximum Gasteiger partial charge on any atom is 0.530 e. The van der Waals surface area contributed by atoms with Crippen molar-refractivity contribution in [3.63, 3.8) is 0 Å². The first-order chi connectivity index (χ1) is 5.79. The Labute approximate surface area is 71.3 Å². The summed E-state index contributed by atoms with van der Waals surface area (Å²) in [7, 11) is -0.755. The van der Waals surface area contributed by atoms with Gasteiger partial charge in [0.2, 0.25) is 12.2 Å². The zero-order valence-corrected chi connectivity index (χ0v) is 7.15. The summed E-state index contributed by atoms with van der Waals surface area (Å²) < 4.78 is 0. The minimum Gasteiger partial charge on any atom is -0.300 e. The molecular weight excluding hydrogens is 157 g/mol. The zero-order valence-electron chi connectivity index (χ0n) is 7.15. The van der Waals surface area contributed by atoms with Crippen LogP contribution in [0.4, 0.5) is 0 Å². The Hall–Kier alpha value is -1.22. The molecule has 0 heterocycles. The fourth-order valence-corrected chi connectivity index (χ4v) is 0.837. The van der Waals surface area contributed by atoms with Crippen LogP contribution in [-0.2, 0) is 9.59 Å². The summed E-state index contributed by atoms with van der Waals surface area (Å²) in [6.45, 7) is 5.10. The normalized spacial score (nSPS) is 8.58. The molecule has 0 unspecified atom stereocenters. The van der Waals surface area contributed by atoms with Gasteiger partial charge in [0.25, 0.3) is 0 Å². The van der Waals surface area contributed by atoms with E-state index < -0.39 is 7.12 Å². The summed E-state index contributed by atoms with van der Waals surface area (Å²) in [6.07, 6.45) is 2.72. The molecule has 5 nitrogen and oxygen atoms in total. The maximum atomic E-state index is 9.92. The van der Waals surface area contributed by atoms with Crippen LogP contribution in [0.1, 0.15) is 13.8 Å². The number of isocyanates is 2. The Bertz CT molecular complexity index is 199. The molecule has 0 spiro atoms. The van der Waals surface area contributed by atoms with Gasteiger partial charge in [0.15, 0.2) is 0 Å². The summed E-state index contributed by atoms with van der Waals surface area (Å²) in [5.41, 5.74) is 0. The van der Waals surface area contributed by atoms with Crippen LogP contribution in [0.5, 0.6) is 0 Å². The summed E-state index contributed by atoms with van der Waals surface area (Å²) in [4.78, 5) is 28.3. The fraction of sp³-hybridized carbons (Fsp3) is 0.667. The third-order valence-electron chi connectivity index (χ3n) is 1.48. The number of hydrogen-bond acceptors (Lipinski definition) is 5. The predicted octanol–water partition coefficient (Wildman–Crippen LogP) is -0.0153. The number of hydrogen-bond donors (Lipinski definition) is 0. The molecule has 0 rings (SSSR count). The van der Waals surface area contributed by atoms with Crippen molar-refractivity contribution in [1.29, 1.82) is 0 Å². The summed E-state index contributed by atoms with van der Waals surface area (Å²) in [5.74, 6) is 0. The lowest BCUT2D eigenvalue weighted by Crippen LogP contribution is -2.36. The molecule has 0 aromatic rings. The first-order valence-corrected chi connectivity index (χ1v) is 3.68. The zero-order chi connectivity index (χ0) is 9.40. The van der Waals surface area contributed by atoms with Crippen LogP contribution >= 0.6 is 0 Å². The smallest absolute Gasteiger partial charge is 0.300 e. The van der Waals surface area contributed by atoms with Crippen molar-refractivity contribution in [1.82, 2.24) is 4.81 Å². The van der Waals surface area contributed by atoms with Gasteiger partial charge in [-0.15, -0.1) is 0 Å². The van der Waals surface area contributed by atoms with Gasteiger partial charge in [-0.2, -0.15) is 0 Å². The monoisotopic (exact) mass is 167 g/mol. The second-order valence-corrected chi connectivity index (χ2v) is 2.01. The van der Waals surface area contributed by atoms with E-state index in [4.69, 9.17) is 0 Å². The Balaban J connectivity index is 4.45. The molecule has 0 saturated carbocycles. The molecule has 0 atom stereocenters. The van der Waals surface area contributed by atoms with Gasteiger partial charge in [-0.05, 0) is 13.1 Å². The molecule has 0 aromatic heterocycles. The molecule has 0 amide bonds. The predicted molar refractivity (Wildman–Crippen MR) is 44.9 cm³/mol. The number of nitrogens with zero attached hydrogens (tertiary/aromatic N) is 3. The van der Waals surface area contributed by atoms with Gasteiger partial charge in [0.1, 0.15) is 0 Å². The number of carbonyl (C=O) groups excluding carboxylic acids is 2. The Morgan fingerprint density at radius 1 is 1.17 bits per heavy atom. The van der Waals surface area contributed by atoms with E-state index in [0.29, 0.717) is 13.1 Å². The highest BCUT2D eigenvalue weighted by molar-refractivity contribution is 6.53. The number of rotatable bonds is 5. The Morgan fingerprint density at radius 3 is 1.83 bits per heavy atom. The highest BCUT2D eigenvalue weighted by Gasteiger charge is 2.20. The molecule has 0 aliphatic rings. The van der Waals surface area contributed by atoms with Crippen LogP contribution in [-0.4, -0.2) is 37.2 Å². The van der Waals surface area contributed by atoms with E-state index >= 15 is 0 Å². The second-order valence-electron chi connectivity index (χ2n) is 2.01. The van der Waals surface area contributed by atoms with Gasteiger partial charge in [0.05, 0.1) is 0 Å². The van der Waals surface area contributed by atoms with Crippen LogP contribution in [0.2, 0.25) is 0 Å². The van der Waals surface area contributed by atoms with Crippen molar-refractivity contribution in [2.75, 3.05) is 13.1 Å². The second kappa shape index (κ2) is 6.49. The summed E-state index contributed by atoms with van der Waals surface area (Å²) in [5, 5.41) is 0. The molecule has 0 fully saturated rings. The van der Waals surface area contributed by atoms with Crippen molar-refractivity contribution in [2.24, 2.45) is 9.81 Å². The van der Waals surface area contributed by atoms with Crippen LogP contribution in [0.15, 0.2) is 9.81 Å². The highest BCUT2D eigenvalue weighted by Crippen LogP contribution is 1.95. The van der Waals surface area contributed by atoms with Crippen LogP contribution in [0, 0.1) is 0 Å². The average Bonchev–Trinajstić information content (AvgIpc) is 2.07. The van der Waals surface area contributed by atoms with Crippen molar-refractivity contribution < 1.29 is 9.59 Å². The van der Waals surface area contributed by atoms with Crippen LogP contribution in [0.25, 0.3) is 0 Å². The molecule has 64 valence electrons. The molecule has 6 heteroatoms. The van der Waals surface area contributed by atoms with Crippen molar-refractivity contribution in [3.8, 4) is 0 Å². The average molecular weight is 167 g/mol. The minimum atomic E-state index is -0.755. The molecule has 0 bridgehead atoms. The van der Waals surface area contributed by atoms with Crippen LogP contribution < -0.4 is 0 Å². The lowest BCUT2D eigenvalue weighted by atomic mass is 9.93. The van der Waals surface area contributed by atoms with E-state index in [1.807, 2.05) is 13.8 Å². The van der Waals surface area contributed by atoms with Gasteiger partial charge in [-0.3, -0.25) is 0 Å². The van der Waals surface area contributed by atoms with Crippen molar-refractivity contribution in [3.05, 3.63) is 0 Å². The molecule has 0 radical (unpaired) electrons. The molecule has 12 heavy (non-hydrogen) atoms. The van der Waals surface area contributed by atoms with Gasteiger partial charge < -0.3 is 4.81 Å². The largest absolute Gasteiger partial charge is 0.530 e. The molecule has 0 aliphatic carbocycles. The third-order valence-corrected chi connectivity index (χ3v) is 1.48. The standard InChI is InChI=1S/C6H10BN3O2/c1-3-10(4-2)7(8-5-11)9-6-12/h3-4H2,1-2H3. The molecule has 0 aliphatic heterocycles. The summed E-state index contributed by atoms with van der Waals surface area (Å²) in [6, 6.07) is 0. The van der Waals surface area contributed by atoms with Crippen molar-refractivity contribution in [2.45, 2.75) is 13.8 Å². The topological polar surface area (TPSA) is 62.1 Å². The van der Waals surface area contributed by atoms with E-state index in [-0.39, 0.29) is 0 Å². The SMILES string of the molecule is CCN(CC)B(N=C=O)N=C=O. The van der Waals surface area contributed by atoms with E-state index in [1.165, 1.54) is 12.2 Å². The first-order valence-electron chi connectivity index (χ1n) is 3.68. The van der Waals surface area contributed by atoms with E-state index in [0.717, 1.165) is 0 Å². The lowest BCUT2D eigenvalue weighted by molar-refractivity contribution is 0.476. The highest BCUT2D eigenvalue weighted by atomic mass is 16.1.